The Morgan fingerprint density at radius 3 is 2.04 bits per heavy atom. The molecule has 9 nitrogen and oxygen atoms in total. The predicted molar refractivity (Wildman–Crippen MR) is 170 cm³/mol. The zero-order chi connectivity index (χ0) is 32.2. The lowest BCUT2D eigenvalue weighted by Crippen LogP contribution is -2.61. The molecule has 9 heteroatoms. The van der Waals surface area contributed by atoms with Crippen LogP contribution < -0.4 is 5.32 Å². The minimum Gasteiger partial charge on any atom is -0.511 e. The number of piperidine rings is 1. The average molecular weight is 610 g/mol. The summed E-state index contributed by atoms with van der Waals surface area (Å²) in [7, 11) is 0. The van der Waals surface area contributed by atoms with Crippen LogP contribution in [-0.2, 0) is 25.7 Å². The molecule has 0 radical (unpaired) electrons. The van der Waals surface area contributed by atoms with Crippen LogP contribution in [0, 0.1) is 0 Å². The molecule has 3 aromatic carbocycles. The van der Waals surface area contributed by atoms with Crippen LogP contribution in [0.2, 0.25) is 0 Å². The summed E-state index contributed by atoms with van der Waals surface area (Å²) < 4.78 is 5.26. The van der Waals surface area contributed by atoms with Crippen molar-refractivity contribution < 1.29 is 29.0 Å². The summed E-state index contributed by atoms with van der Waals surface area (Å²) in [6, 6.07) is 26.9. The fourth-order valence-corrected chi connectivity index (χ4v) is 6.01. The molecule has 0 aliphatic carbocycles. The van der Waals surface area contributed by atoms with E-state index in [1.54, 1.807) is 42.7 Å². The van der Waals surface area contributed by atoms with Gasteiger partial charge < -0.3 is 25.0 Å². The van der Waals surface area contributed by atoms with Gasteiger partial charge in [-0.2, -0.15) is 0 Å². The van der Waals surface area contributed by atoms with Crippen LogP contribution in [0.5, 0.6) is 0 Å². The summed E-state index contributed by atoms with van der Waals surface area (Å²) in [5, 5.41) is 13.6. The fourth-order valence-electron chi connectivity index (χ4n) is 6.01. The van der Waals surface area contributed by atoms with Gasteiger partial charge in [0.2, 0.25) is 0 Å². The quantitative estimate of drug-likeness (QED) is 0.287. The lowest BCUT2D eigenvalue weighted by Gasteiger charge is -2.51. The van der Waals surface area contributed by atoms with E-state index in [1.807, 2.05) is 72.8 Å². The van der Waals surface area contributed by atoms with Crippen molar-refractivity contribution in [3.63, 3.8) is 0 Å². The predicted octanol–water partition coefficient (Wildman–Crippen LogP) is 5.03. The monoisotopic (exact) mass is 609 g/mol. The van der Waals surface area contributed by atoms with Crippen molar-refractivity contribution in [1.29, 1.82) is 0 Å². The maximum absolute atomic E-state index is 14.1. The van der Waals surface area contributed by atoms with Gasteiger partial charge in [0, 0.05) is 31.6 Å². The topological polar surface area (TPSA) is 116 Å². The SMILES string of the molecule is CC(C)(C)OC(=O)CNC(=O)C1=C(O)CC2(CCN(C(=O)c3ccccc3)CC2)N(Cc2ccc(-c3ccccc3)cc2)C1=O. The smallest absolute Gasteiger partial charge is 0.325 e. The summed E-state index contributed by atoms with van der Waals surface area (Å²) in [4.78, 5) is 56.2. The highest BCUT2D eigenvalue weighted by Gasteiger charge is 2.49. The van der Waals surface area contributed by atoms with Crippen LogP contribution in [0.1, 0.15) is 56.0 Å². The molecular weight excluding hydrogens is 570 g/mol. The van der Waals surface area contributed by atoms with Crippen molar-refractivity contribution in [3.05, 3.63) is 107 Å². The zero-order valence-electron chi connectivity index (χ0n) is 25.9. The van der Waals surface area contributed by atoms with Crippen molar-refractivity contribution >= 4 is 23.7 Å². The van der Waals surface area contributed by atoms with Gasteiger partial charge in [-0.05, 0) is 62.4 Å². The molecule has 2 heterocycles. The highest BCUT2D eigenvalue weighted by atomic mass is 16.6. The molecule has 2 aliphatic heterocycles. The number of esters is 1. The molecule has 3 aromatic rings. The van der Waals surface area contributed by atoms with E-state index in [9.17, 15) is 24.3 Å². The molecule has 0 bridgehead atoms. The van der Waals surface area contributed by atoms with E-state index in [2.05, 4.69) is 5.32 Å². The summed E-state index contributed by atoms with van der Waals surface area (Å²) in [6.45, 7) is 5.69. The number of carbonyl (C=O) groups is 4. The van der Waals surface area contributed by atoms with Gasteiger partial charge in [0.25, 0.3) is 17.7 Å². The number of benzene rings is 3. The minimum atomic E-state index is -0.834. The molecule has 1 saturated heterocycles. The number of hydrogen-bond donors (Lipinski definition) is 2. The average Bonchev–Trinajstić information content (AvgIpc) is 3.02. The van der Waals surface area contributed by atoms with Crippen LogP contribution in [0.3, 0.4) is 0 Å². The highest BCUT2D eigenvalue weighted by Crippen LogP contribution is 2.41. The van der Waals surface area contributed by atoms with Crippen molar-refractivity contribution in [3.8, 4) is 11.1 Å². The van der Waals surface area contributed by atoms with Crippen molar-refractivity contribution in [2.24, 2.45) is 0 Å². The third-order valence-corrected chi connectivity index (χ3v) is 8.26. The van der Waals surface area contributed by atoms with E-state index in [0.717, 1.165) is 16.7 Å². The Morgan fingerprint density at radius 1 is 0.867 bits per heavy atom. The number of carbonyl (C=O) groups excluding carboxylic acids is 4. The number of hydrogen-bond acceptors (Lipinski definition) is 6. The molecule has 2 aliphatic rings. The highest BCUT2D eigenvalue weighted by molar-refractivity contribution is 6.19. The Balaban J connectivity index is 1.39. The lowest BCUT2D eigenvalue weighted by molar-refractivity contribution is -0.154. The summed E-state index contributed by atoms with van der Waals surface area (Å²) in [5.41, 5.74) is 1.64. The van der Waals surface area contributed by atoms with E-state index in [-0.39, 0.29) is 30.2 Å². The van der Waals surface area contributed by atoms with Crippen LogP contribution >= 0.6 is 0 Å². The third-order valence-electron chi connectivity index (χ3n) is 8.26. The zero-order valence-corrected chi connectivity index (χ0v) is 25.9. The summed E-state index contributed by atoms with van der Waals surface area (Å²) in [6.07, 6.45) is 0.913. The Labute approximate surface area is 263 Å². The van der Waals surface area contributed by atoms with Crippen molar-refractivity contribution in [1.82, 2.24) is 15.1 Å². The maximum atomic E-state index is 14.1. The summed E-state index contributed by atoms with van der Waals surface area (Å²) in [5.74, 6) is -2.51. The first-order valence-electron chi connectivity index (χ1n) is 15.2. The van der Waals surface area contributed by atoms with Crippen LogP contribution in [0.15, 0.2) is 96.3 Å². The first kappa shape index (κ1) is 31.5. The van der Waals surface area contributed by atoms with Crippen molar-refractivity contribution in [2.75, 3.05) is 19.6 Å². The number of ether oxygens (including phenoxy) is 1. The first-order valence-corrected chi connectivity index (χ1v) is 15.2. The molecule has 0 unspecified atom stereocenters. The number of aliphatic hydroxyl groups is 1. The Kier molecular flexibility index (Phi) is 9.09. The van der Waals surface area contributed by atoms with Gasteiger partial charge in [-0.25, -0.2) is 0 Å². The normalized spacial score (nSPS) is 16.5. The number of likely N-dealkylation sites (tertiary alicyclic amines) is 1. The van der Waals surface area contributed by atoms with E-state index in [1.165, 1.54) is 0 Å². The van der Waals surface area contributed by atoms with Gasteiger partial charge in [0.05, 0.1) is 5.54 Å². The van der Waals surface area contributed by atoms with Gasteiger partial charge in [0.1, 0.15) is 23.5 Å². The molecule has 3 amide bonds. The molecule has 2 N–H and O–H groups in total. The van der Waals surface area contributed by atoms with Gasteiger partial charge in [-0.3, -0.25) is 19.2 Å². The van der Waals surface area contributed by atoms with E-state index >= 15 is 0 Å². The van der Waals surface area contributed by atoms with Gasteiger partial charge in [-0.15, -0.1) is 0 Å². The Bertz CT molecular complexity index is 1590. The molecule has 1 fully saturated rings. The fraction of sp³-hybridized carbons (Fsp3) is 0.333. The minimum absolute atomic E-state index is 0.0589. The van der Waals surface area contributed by atoms with Gasteiger partial charge in [0.15, 0.2) is 0 Å². The molecule has 45 heavy (non-hydrogen) atoms. The Hall–Kier alpha value is -4.92. The second-order valence-electron chi connectivity index (χ2n) is 12.6. The number of aliphatic hydroxyl groups excluding tert-OH is 1. The standard InChI is InChI=1S/C36H39N3O6/c1-35(2,3)45-30(41)23-37-32(42)31-29(40)22-36(18-20-38(21-19-36)33(43)28-12-8-5-9-13-28)39(34(31)44)24-25-14-16-27(17-15-25)26-10-6-4-7-11-26/h4-17,40H,18-24H2,1-3H3,(H,37,42). The Morgan fingerprint density at radius 2 is 1.44 bits per heavy atom. The number of nitrogens with zero attached hydrogens (tertiary/aromatic N) is 2. The third kappa shape index (κ3) is 7.25. The second kappa shape index (κ2) is 13.0. The molecule has 0 aromatic heterocycles. The van der Waals surface area contributed by atoms with Crippen molar-refractivity contribution in [2.45, 2.75) is 57.7 Å². The molecular formula is C36H39N3O6. The van der Waals surface area contributed by atoms with Gasteiger partial charge >= 0.3 is 5.97 Å². The molecule has 5 rings (SSSR count). The molecule has 1 spiro atoms. The maximum Gasteiger partial charge on any atom is 0.325 e. The van der Waals surface area contributed by atoms with E-state index in [4.69, 9.17) is 4.74 Å². The molecule has 234 valence electrons. The number of amides is 3. The summed E-state index contributed by atoms with van der Waals surface area (Å²) >= 11 is 0. The molecule has 0 atom stereocenters. The van der Waals surface area contributed by atoms with Gasteiger partial charge in [-0.1, -0.05) is 72.8 Å². The largest absolute Gasteiger partial charge is 0.511 e. The van der Waals surface area contributed by atoms with Crippen LogP contribution in [0.4, 0.5) is 0 Å². The second-order valence-corrected chi connectivity index (χ2v) is 12.6. The molecule has 0 saturated carbocycles. The number of rotatable bonds is 7. The van der Waals surface area contributed by atoms with E-state index < -0.39 is 35.5 Å². The number of nitrogens with one attached hydrogen (secondary N) is 1. The van der Waals surface area contributed by atoms with E-state index in [0.29, 0.717) is 31.5 Å². The van der Waals surface area contributed by atoms with Crippen LogP contribution in [-0.4, -0.2) is 69.4 Å². The first-order chi connectivity index (χ1) is 21.5. The van der Waals surface area contributed by atoms with Crippen LogP contribution in [0.25, 0.3) is 11.1 Å². The lowest BCUT2D eigenvalue weighted by atomic mass is 9.77.